The lowest BCUT2D eigenvalue weighted by atomic mass is 10.3. The Morgan fingerprint density at radius 1 is 1.67 bits per heavy atom. The highest BCUT2D eigenvalue weighted by atomic mass is 14.9. The van der Waals surface area contributed by atoms with Crippen LogP contribution >= 0.6 is 0 Å². The Kier molecular flexibility index (Phi) is 1.10. The van der Waals surface area contributed by atoms with Gasteiger partial charge in [0.25, 0.3) is 0 Å². The highest BCUT2D eigenvalue weighted by molar-refractivity contribution is 4.67. The first-order chi connectivity index (χ1) is 2.89. The fourth-order valence-corrected chi connectivity index (χ4v) is 0.790. The Morgan fingerprint density at radius 2 is 2.50 bits per heavy atom. The van der Waals surface area contributed by atoms with Crippen molar-refractivity contribution in [2.45, 2.75) is 25.8 Å². The Bertz CT molecular complexity index is 37.2. The Balaban J connectivity index is 2.18. The molecule has 0 saturated carbocycles. The molecule has 0 N–H and O–H groups in total. The maximum atomic E-state index is 4.24. The van der Waals surface area contributed by atoms with Crippen molar-refractivity contribution >= 4 is 0 Å². The van der Waals surface area contributed by atoms with Gasteiger partial charge < -0.3 is 0 Å². The Morgan fingerprint density at radius 3 is 2.67 bits per heavy atom. The number of rotatable bonds is 0. The monoisotopic (exact) mass is 84.1 g/mol. The van der Waals surface area contributed by atoms with Crippen molar-refractivity contribution in [3.8, 4) is 0 Å². The van der Waals surface area contributed by atoms with E-state index in [1.165, 1.54) is 12.8 Å². The van der Waals surface area contributed by atoms with Crippen molar-refractivity contribution < 1.29 is 0 Å². The molecule has 1 aliphatic heterocycles. The zero-order valence-corrected chi connectivity index (χ0v) is 4.15. The molecule has 6 heavy (non-hydrogen) atoms. The Labute approximate surface area is 38.7 Å². The van der Waals surface area contributed by atoms with Gasteiger partial charge in [-0.2, -0.15) is 0 Å². The maximum Gasteiger partial charge on any atom is 0.0218 e. The van der Waals surface area contributed by atoms with Crippen LogP contribution < -0.4 is 5.32 Å². The average Bonchev–Trinajstić information content (AvgIpc) is 1.86. The summed E-state index contributed by atoms with van der Waals surface area (Å²) in [4.78, 5) is 0. The largest absolute Gasteiger partial charge is 0.239 e. The molecule has 0 aromatic rings. The minimum atomic E-state index is 0.671. The van der Waals surface area contributed by atoms with Crippen molar-refractivity contribution in [1.29, 1.82) is 0 Å². The molecule has 1 heterocycles. The van der Waals surface area contributed by atoms with E-state index in [0.717, 1.165) is 6.54 Å². The van der Waals surface area contributed by atoms with Gasteiger partial charge >= 0.3 is 0 Å². The molecule has 0 spiro atoms. The van der Waals surface area contributed by atoms with Gasteiger partial charge in [-0.1, -0.05) is 0 Å². The van der Waals surface area contributed by atoms with Gasteiger partial charge in [-0.25, -0.2) is 5.32 Å². The van der Waals surface area contributed by atoms with E-state index in [2.05, 4.69) is 12.2 Å². The molecular weight excluding hydrogens is 74.1 g/mol. The lowest BCUT2D eigenvalue weighted by molar-refractivity contribution is 0.652. The summed E-state index contributed by atoms with van der Waals surface area (Å²) >= 11 is 0. The molecule has 1 atom stereocenters. The standard InChI is InChI=1S/C5H10N/c1-5-3-2-4-6-5/h5H,2-4H2,1H3. The second-order valence-electron chi connectivity index (χ2n) is 1.90. The fraction of sp³-hybridized carbons (Fsp3) is 1.00. The van der Waals surface area contributed by atoms with Crippen LogP contribution in [0.2, 0.25) is 0 Å². The lowest BCUT2D eigenvalue weighted by Gasteiger charge is -1.92. The molecule has 0 aromatic heterocycles. The molecule has 35 valence electrons. The van der Waals surface area contributed by atoms with Gasteiger partial charge in [0.2, 0.25) is 0 Å². The summed E-state index contributed by atoms with van der Waals surface area (Å²) in [5, 5.41) is 4.24. The number of hydrogen-bond donors (Lipinski definition) is 0. The van der Waals surface area contributed by atoms with Crippen molar-refractivity contribution in [2.75, 3.05) is 6.54 Å². The molecular formula is C5H10N. The molecule has 1 unspecified atom stereocenters. The lowest BCUT2D eigenvalue weighted by Crippen LogP contribution is -2.07. The van der Waals surface area contributed by atoms with Crippen LogP contribution in [-0.2, 0) is 0 Å². The summed E-state index contributed by atoms with van der Waals surface area (Å²) in [6, 6.07) is 0.671. The van der Waals surface area contributed by atoms with E-state index in [1.54, 1.807) is 0 Å². The number of hydrogen-bond acceptors (Lipinski definition) is 0. The van der Waals surface area contributed by atoms with Gasteiger partial charge in [0.1, 0.15) is 0 Å². The van der Waals surface area contributed by atoms with Crippen LogP contribution in [0.15, 0.2) is 0 Å². The topological polar surface area (TPSA) is 14.1 Å². The van der Waals surface area contributed by atoms with Crippen LogP contribution in [0.4, 0.5) is 0 Å². The van der Waals surface area contributed by atoms with Gasteiger partial charge in [-0.15, -0.1) is 0 Å². The summed E-state index contributed by atoms with van der Waals surface area (Å²) in [6.45, 7) is 3.29. The van der Waals surface area contributed by atoms with Gasteiger partial charge in [0.15, 0.2) is 0 Å². The highest BCUT2D eigenvalue weighted by Crippen LogP contribution is 2.03. The molecule has 1 aliphatic rings. The first kappa shape index (κ1) is 4.13. The normalized spacial score (nSPS) is 34.5. The second-order valence-corrected chi connectivity index (χ2v) is 1.90. The predicted octanol–water partition coefficient (Wildman–Crippen LogP) is 0.773. The molecule has 0 aliphatic carbocycles. The van der Waals surface area contributed by atoms with Crippen LogP contribution in [0.25, 0.3) is 0 Å². The van der Waals surface area contributed by atoms with Crippen molar-refractivity contribution in [3.63, 3.8) is 0 Å². The van der Waals surface area contributed by atoms with Gasteiger partial charge in [0.05, 0.1) is 0 Å². The van der Waals surface area contributed by atoms with Crippen LogP contribution in [0, 0.1) is 0 Å². The summed E-state index contributed by atoms with van der Waals surface area (Å²) in [6.07, 6.45) is 2.64. The maximum absolute atomic E-state index is 4.24. The Hall–Kier alpha value is -0.0400. The number of nitrogens with zero attached hydrogens (tertiary/aromatic N) is 1. The molecule has 0 bridgehead atoms. The van der Waals surface area contributed by atoms with Gasteiger partial charge in [0, 0.05) is 12.6 Å². The van der Waals surface area contributed by atoms with Gasteiger partial charge in [-0.05, 0) is 19.8 Å². The minimum Gasteiger partial charge on any atom is -0.239 e. The quantitative estimate of drug-likeness (QED) is 0.411. The van der Waals surface area contributed by atoms with E-state index in [9.17, 15) is 0 Å². The van der Waals surface area contributed by atoms with Crippen LogP contribution in [0.5, 0.6) is 0 Å². The highest BCUT2D eigenvalue weighted by Gasteiger charge is 2.07. The smallest absolute Gasteiger partial charge is 0.0218 e. The summed E-state index contributed by atoms with van der Waals surface area (Å²) in [7, 11) is 0. The van der Waals surface area contributed by atoms with Crippen LogP contribution in [0.3, 0.4) is 0 Å². The van der Waals surface area contributed by atoms with E-state index in [4.69, 9.17) is 0 Å². The van der Waals surface area contributed by atoms with Crippen LogP contribution in [-0.4, -0.2) is 12.6 Å². The van der Waals surface area contributed by atoms with Crippen LogP contribution in [0.1, 0.15) is 19.8 Å². The van der Waals surface area contributed by atoms with Crippen molar-refractivity contribution in [1.82, 2.24) is 5.32 Å². The van der Waals surface area contributed by atoms with E-state index in [0.29, 0.717) is 6.04 Å². The molecule has 1 saturated heterocycles. The molecule has 0 aromatic carbocycles. The van der Waals surface area contributed by atoms with Crippen molar-refractivity contribution in [3.05, 3.63) is 0 Å². The van der Waals surface area contributed by atoms with E-state index in [1.807, 2.05) is 0 Å². The third-order valence-electron chi connectivity index (χ3n) is 1.22. The summed E-state index contributed by atoms with van der Waals surface area (Å²) < 4.78 is 0. The third-order valence-corrected chi connectivity index (χ3v) is 1.22. The van der Waals surface area contributed by atoms with Gasteiger partial charge in [-0.3, -0.25) is 0 Å². The van der Waals surface area contributed by atoms with E-state index >= 15 is 0 Å². The van der Waals surface area contributed by atoms with E-state index < -0.39 is 0 Å². The molecule has 1 heteroatoms. The molecule has 1 rings (SSSR count). The summed E-state index contributed by atoms with van der Waals surface area (Å²) in [5.41, 5.74) is 0. The second kappa shape index (κ2) is 1.61. The van der Waals surface area contributed by atoms with Crippen molar-refractivity contribution in [2.24, 2.45) is 0 Å². The van der Waals surface area contributed by atoms with E-state index in [-0.39, 0.29) is 0 Å². The SMILES string of the molecule is CC1CCC[N]1. The molecule has 0 amide bonds. The molecule has 1 radical (unpaired) electrons. The zero-order valence-electron chi connectivity index (χ0n) is 4.15. The average molecular weight is 84.1 g/mol. The molecule has 1 fully saturated rings. The fourth-order valence-electron chi connectivity index (χ4n) is 0.790. The molecule has 1 nitrogen and oxygen atoms in total. The first-order valence-electron chi connectivity index (χ1n) is 2.56. The summed E-state index contributed by atoms with van der Waals surface area (Å²) in [5.74, 6) is 0. The third kappa shape index (κ3) is 0.716. The minimum absolute atomic E-state index is 0.671. The first-order valence-corrected chi connectivity index (χ1v) is 2.56. The zero-order chi connectivity index (χ0) is 4.41. The predicted molar refractivity (Wildman–Crippen MR) is 25.7 cm³/mol.